The highest BCUT2D eigenvalue weighted by atomic mass is 15.1. The maximum Gasteiger partial charge on any atom is 0.106 e. The summed E-state index contributed by atoms with van der Waals surface area (Å²) < 4.78 is 2.31. The Bertz CT molecular complexity index is 523. The fraction of sp³-hybridized carbons (Fsp3) is 0.462. The summed E-state index contributed by atoms with van der Waals surface area (Å²) in [6.07, 6.45) is 4.12. The van der Waals surface area contributed by atoms with Gasteiger partial charge in [-0.2, -0.15) is 0 Å². The maximum atomic E-state index is 5.77. The first kappa shape index (κ1) is 9.70. The zero-order chi connectivity index (χ0) is 11.1. The first-order valence-corrected chi connectivity index (χ1v) is 5.96. The van der Waals surface area contributed by atoms with Gasteiger partial charge in [0.2, 0.25) is 0 Å². The van der Waals surface area contributed by atoms with Crippen LogP contribution in [0.25, 0.3) is 11.0 Å². The van der Waals surface area contributed by atoms with E-state index in [1.54, 1.807) is 0 Å². The van der Waals surface area contributed by atoms with E-state index in [1.165, 1.54) is 24.8 Å². The maximum absolute atomic E-state index is 5.77. The van der Waals surface area contributed by atoms with E-state index in [0.29, 0.717) is 0 Å². The van der Waals surface area contributed by atoms with Crippen LogP contribution in [0.3, 0.4) is 0 Å². The Hall–Kier alpha value is -1.51. The van der Waals surface area contributed by atoms with E-state index in [4.69, 9.17) is 5.73 Å². The van der Waals surface area contributed by atoms with Crippen molar-refractivity contribution < 1.29 is 0 Å². The summed E-state index contributed by atoms with van der Waals surface area (Å²) in [5.74, 6) is 2.06. The minimum absolute atomic E-state index is 0.791. The Morgan fingerprint density at radius 1 is 1.44 bits per heavy atom. The molecule has 0 amide bonds. The molecular formula is C13H17N3. The summed E-state index contributed by atoms with van der Waals surface area (Å²) in [5.41, 5.74) is 8.79. The predicted octanol–water partition coefficient (Wildman–Crippen LogP) is 2.73. The molecule has 1 aromatic heterocycles. The Morgan fingerprint density at radius 3 is 3.00 bits per heavy atom. The lowest BCUT2D eigenvalue weighted by Crippen LogP contribution is -2.01. The second-order valence-electron chi connectivity index (χ2n) is 4.79. The van der Waals surface area contributed by atoms with Crippen LogP contribution in [0, 0.1) is 12.8 Å². The number of benzene rings is 1. The standard InChI is InChI=1S/C13H17N3/c1-9-15-12-8-11(14)4-5-13(12)16(9)7-6-10-2-3-10/h4-5,8,10H,2-3,6-7,14H2,1H3. The molecule has 0 saturated heterocycles. The fourth-order valence-electron chi connectivity index (χ4n) is 2.27. The van der Waals surface area contributed by atoms with E-state index in [2.05, 4.69) is 22.5 Å². The zero-order valence-corrected chi connectivity index (χ0v) is 9.61. The molecule has 1 aromatic carbocycles. The van der Waals surface area contributed by atoms with Crippen LogP contribution in [-0.4, -0.2) is 9.55 Å². The molecule has 2 aromatic rings. The lowest BCUT2D eigenvalue weighted by molar-refractivity contribution is 0.596. The highest BCUT2D eigenvalue weighted by Gasteiger charge is 2.21. The van der Waals surface area contributed by atoms with Gasteiger partial charge in [0, 0.05) is 12.2 Å². The number of anilines is 1. The van der Waals surface area contributed by atoms with Gasteiger partial charge in [-0.3, -0.25) is 0 Å². The highest BCUT2D eigenvalue weighted by molar-refractivity contribution is 5.79. The van der Waals surface area contributed by atoms with Crippen LogP contribution in [0.1, 0.15) is 25.1 Å². The van der Waals surface area contributed by atoms with Crippen molar-refractivity contribution in [2.75, 3.05) is 5.73 Å². The normalized spacial score (nSPS) is 15.8. The van der Waals surface area contributed by atoms with Crippen molar-refractivity contribution in [1.82, 2.24) is 9.55 Å². The highest BCUT2D eigenvalue weighted by Crippen LogP contribution is 2.33. The molecule has 0 radical (unpaired) electrons. The average molecular weight is 215 g/mol. The van der Waals surface area contributed by atoms with Crippen molar-refractivity contribution in [3.8, 4) is 0 Å². The van der Waals surface area contributed by atoms with Gasteiger partial charge >= 0.3 is 0 Å². The molecule has 0 aliphatic heterocycles. The van der Waals surface area contributed by atoms with Gasteiger partial charge < -0.3 is 10.3 Å². The predicted molar refractivity (Wildman–Crippen MR) is 66.2 cm³/mol. The van der Waals surface area contributed by atoms with Gasteiger partial charge in [0.15, 0.2) is 0 Å². The Morgan fingerprint density at radius 2 is 2.25 bits per heavy atom. The van der Waals surface area contributed by atoms with Gasteiger partial charge in [-0.1, -0.05) is 12.8 Å². The van der Waals surface area contributed by atoms with Crippen LogP contribution in [0.15, 0.2) is 18.2 Å². The summed E-state index contributed by atoms with van der Waals surface area (Å²) in [5, 5.41) is 0. The van der Waals surface area contributed by atoms with E-state index < -0.39 is 0 Å². The van der Waals surface area contributed by atoms with Crippen molar-refractivity contribution in [3.05, 3.63) is 24.0 Å². The molecule has 2 N–H and O–H groups in total. The Kier molecular flexibility index (Phi) is 2.13. The van der Waals surface area contributed by atoms with E-state index in [1.807, 2.05) is 12.1 Å². The number of aromatic nitrogens is 2. The lowest BCUT2D eigenvalue weighted by atomic mass is 10.2. The fourth-order valence-corrected chi connectivity index (χ4v) is 2.27. The number of nitrogens with zero attached hydrogens (tertiary/aromatic N) is 2. The lowest BCUT2D eigenvalue weighted by Gasteiger charge is -2.05. The van der Waals surface area contributed by atoms with Gasteiger partial charge in [0.1, 0.15) is 5.82 Å². The van der Waals surface area contributed by atoms with Crippen LogP contribution in [0.2, 0.25) is 0 Å². The number of nitrogens with two attached hydrogens (primary N) is 1. The van der Waals surface area contributed by atoms with Gasteiger partial charge in [-0.25, -0.2) is 4.98 Å². The summed E-state index contributed by atoms with van der Waals surface area (Å²) in [6.45, 7) is 3.17. The van der Waals surface area contributed by atoms with Crippen LogP contribution in [0.5, 0.6) is 0 Å². The molecule has 0 spiro atoms. The second kappa shape index (κ2) is 3.51. The van der Waals surface area contributed by atoms with Crippen LogP contribution < -0.4 is 5.73 Å². The average Bonchev–Trinajstić information content (AvgIpc) is 3.00. The van der Waals surface area contributed by atoms with Crippen LogP contribution in [0.4, 0.5) is 5.69 Å². The van der Waals surface area contributed by atoms with Crippen LogP contribution >= 0.6 is 0 Å². The molecular weight excluding hydrogens is 198 g/mol. The molecule has 0 unspecified atom stereocenters. The minimum Gasteiger partial charge on any atom is -0.399 e. The molecule has 1 fully saturated rings. The third-order valence-corrected chi connectivity index (χ3v) is 3.42. The van der Waals surface area contributed by atoms with Crippen molar-refractivity contribution >= 4 is 16.7 Å². The number of imidazole rings is 1. The van der Waals surface area contributed by atoms with Gasteiger partial charge in [-0.15, -0.1) is 0 Å². The topological polar surface area (TPSA) is 43.8 Å². The zero-order valence-electron chi connectivity index (χ0n) is 9.61. The largest absolute Gasteiger partial charge is 0.399 e. The quantitative estimate of drug-likeness (QED) is 0.800. The summed E-state index contributed by atoms with van der Waals surface area (Å²) >= 11 is 0. The van der Waals surface area contributed by atoms with Crippen molar-refractivity contribution in [3.63, 3.8) is 0 Å². The van der Waals surface area contributed by atoms with Crippen LogP contribution in [-0.2, 0) is 6.54 Å². The molecule has 3 rings (SSSR count). The molecule has 3 heteroatoms. The third kappa shape index (κ3) is 1.66. The molecule has 84 valence electrons. The molecule has 0 atom stereocenters. The smallest absolute Gasteiger partial charge is 0.106 e. The number of hydrogen-bond donors (Lipinski definition) is 1. The van der Waals surface area contributed by atoms with Gasteiger partial charge in [-0.05, 0) is 37.5 Å². The Balaban J connectivity index is 1.97. The van der Waals surface area contributed by atoms with Crippen molar-refractivity contribution in [1.29, 1.82) is 0 Å². The third-order valence-electron chi connectivity index (χ3n) is 3.42. The minimum atomic E-state index is 0.791. The molecule has 0 bridgehead atoms. The number of fused-ring (bicyclic) bond motifs is 1. The SMILES string of the molecule is Cc1nc2cc(N)ccc2n1CCC1CC1. The molecule has 1 aliphatic rings. The number of aryl methyl sites for hydroxylation is 2. The first-order valence-electron chi connectivity index (χ1n) is 5.96. The molecule has 1 heterocycles. The summed E-state index contributed by atoms with van der Waals surface area (Å²) in [6, 6.07) is 5.99. The Labute approximate surface area is 95.3 Å². The van der Waals surface area contributed by atoms with Crippen molar-refractivity contribution in [2.24, 2.45) is 5.92 Å². The summed E-state index contributed by atoms with van der Waals surface area (Å²) in [4.78, 5) is 4.56. The second-order valence-corrected chi connectivity index (χ2v) is 4.79. The number of nitrogen functional groups attached to an aromatic ring is 1. The molecule has 1 saturated carbocycles. The van der Waals surface area contributed by atoms with Gasteiger partial charge in [0.25, 0.3) is 0 Å². The van der Waals surface area contributed by atoms with Gasteiger partial charge in [0.05, 0.1) is 11.0 Å². The number of rotatable bonds is 3. The molecule has 3 nitrogen and oxygen atoms in total. The molecule has 16 heavy (non-hydrogen) atoms. The first-order chi connectivity index (χ1) is 7.74. The molecule has 1 aliphatic carbocycles. The van der Waals surface area contributed by atoms with E-state index >= 15 is 0 Å². The number of hydrogen-bond acceptors (Lipinski definition) is 2. The van der Waals surface area contributed by atoms with Crippen molar-refractivity contribution in [2.45, 2.75) is 32.7 Å². The van der Waals surface area contributed by atoms with E-state index in [0.717, 1.165) is 29.5 Å². The monoisotopic (exact) mass is 215 g/mol. The van der Waals surface area contributed by atoms with E-state index in [9.17, 15) is 0 Å². The van der Waals surface area contributed by atoms with E-state index in [-0.39, 0.29) is 0 Å². The summed E-state index contributed by atoms with van der Waals surface area (Å²) in [7, 11) is 0.